The van der Waals surface area contributed by atoms with Crippen molar-refractivity contribution in [2.75, 3.05) is 33.0 Å². The van der Waals surface area contributed by atoms with Crippen LogP contribution < -0.4 is 0 Å². The van der Waals surface area contributed by atoms with Gasteiger partial charge < -0.3 is 73.6 Å². The van der Waals surface area contributed by atoms with Gasteiger partial charge in [-0.1, -0.05) is 40.0 Å². The van der Waals surface area contributed by atoms with Crippen molar-refractivity contribution >= 4 is 0 Å². The zero-order valence-electron chi connectivity index (χ0n) is 26.8. The first-order chi connectivity index (χ1) is 21.6. The summed E-state index contributed by atoms with van der Waals surface area (Å²) < 4.78 is 48.4. The molecule has 0 spiro atoms. The van der Waals surface area contributed by atoms with Gasteiger partial charge in [0, 0.05) is 19.8 Å². The lowest BCUT2D eigenvalue weighted by atomic mass is 9.95. The number of unbranched alkanes of at least 4 members (excludes halogenated alkanes) is 3. The number of rotatable bonds is 18. The van der Waals surface area contributed by atoms with Crippen LogP contribution in [0.25, 0.3) is 0 Å². The Morgan fingerprint density at radius 1 is 0.511 bits per heavy atom. The molecule has 0 aromatic rings. The maximum Gasteiger partial charge on any atom is 0.187 e. The lowest BCUT2D eigenvalue weighted by Crippen LogP contribution is -2.67. The molecule has 3 rings (SSSR count). The molecular weight excluding hydrogens is 600 g/mol. The molecule has 15 atom stereocenters. The zero-order chi connectivity index (χ0) is 33.1. The average molecular weight is 657 g/mol. The second-order valence-corrected chi connectivity index (χ2v) is 11.9. The highest BCUT2D eigenvalue weighted by Crippen LogP contribution is 2.35. The van der Waals surface area contributed by atoms with Gasteiger partial charge in [0.2, 0.25) is 0 Å². The Morgan fingerprint density at radius 2 is 1.04 bits per heavy atom. The van der Waals surface area contributed by atoms with Crippen LogP contribution in [0, 0.1) is 0 Å². The van der Waals surface area contributed by atoms with E-state index < -0.39 is 105 Å². The van der Waals surface area contributed by atoms with E-state index in [9.17, 15) is 35.7 Å². The molecule has 45 heavy (non-hydrogen) atoms. The van der Waals surface area contributed by atoms with Crippen molar-refractivity contribution in [1.29, 1.82) is 0 Å². The van der Waals surface area contributed by atoms with E-state index in [1.54, 1.807) is 0 Å². The van der Waals surface area contributed by atoms with Gasteiger partial charge in [-0.15, -0.1) is 0 Å². The first-order valence-corrected chi connectivity index (χ1v) is 16.4. The minimum atomic E-state index is -1.79. The molecule has 0 aromatic carbocycles. The summed E-state index contributed by atoms with van der Waals surface area (Å²) in [6.07, 6.45) is -14.2. The van der Waals surface area contributed by atoms with E-state index in [2.05, 4.69) is 13.8 Å². The summed E-state index contributed by atoms with van der Waals surface area (Å²) in [5.74, 6) is 0. The SMILES string of the molecule is CCCCOC1C(C)OC(OC2C(O)C(O)OC(CO)C2OC2OC(CO)C(O)C(O)C2O)C(OCCCC)C1OCCCC. The predicted octanol–water partition coefficient (Wildman–Crippen LogP) is -1.07. The fourth-order valence-electron chi connectivity index (χ4n) is 5.63. The summed E-state index contributed by atoms with van der Waals surface area (Å²) in [6.45, 7) is 7.87. The third kappa shape index (κ3) is 9.96. The molecule has 3 aliphatic heterocycles. The van der Waals surface area contributed by atoms with Gasteiger partial charge in [-0.2, -0.15) is 0 Å². The molecule has 0 saturated carbocycles. The Kier molecular flexibility index (Phi) is 16.8. The minimum absolute atomic E-state index is 0.358. The Morgan fingerprint density at radius 3 is 1.60 bits per heavy atom. The Balaban J connectivity index is 1.92. The Labute approximate surface area is 265 Å². The largest absolute Gasteiger partial charge is 0.394 e. The smallest absolute Gasteiger partial charge is 0.187 e. The molecule has 3 aliphatic rings. The molecule has 15 nitrogen and oxygen atoms in total. The normalized spacial score (nSPS) is 42.6. The number of hydrogen-bond acceptors (Lipinski definition) is 15. The van der Waals surface area contributed by atoms with Crippen LogP contribution in [-0.2, 0) is 37.9 Å². The molecule has 7 N–H and O–H groups in total. The molecule has 0 amide bonds. The molecule has 3 fully saturated rings. The van der Waals surface area contributed by atoms with Gasteiger partial charge >= 0.3 is 0 Å². The maximum absolute atomic E-state index is 11.1. The quantitative estimate of drug-likeness (QED) is 0.0875. The van der Waals surface area contributed by atoms with Crippen LogP contribution >= 0.6 is 0 Å². The van der Waals surface area contributed by atoms with Crippen molar-refractivity contribution in [2.45, 2.75) is 158 Å². The predicted molar refractivity (Wildman–Crippen MR) is 156 cm³/mol. The lowest BCUT2D eigenvalue weighted by Gasteiger charge is -2.49. The summed E-state index contributed by atoms with van der Waals surface area (Å²) >= 11 is 0. The fourth-order valence-corrected chi connectivity index (χ4v) is 5.63. The summed E-state index contributed by atoms with van der Waals surface area (Å²) in [5.41, 5.74) is 0. The van der Waals surface area contributed by atoms with Gasteiger partial charge in [-0.25, -0.2) is 0 Å². The van der Waals surface area contributed by atoms with Crippen molar-refractivity contribution in [3.8, 4) is 0 Å². The summed E-state index contributed by atoms with van der Waals surface area (Å²) in [7, 11) is 0. The van der Waals surface area contributed by atoms with E-state index >= 15 is 0 Å². The van der Waals surface area contributed by atoms with Crippen molar-refractivity contribution < 1.29 is 73.6 Å². The second-order valence-electron chi connectivity index (χ2n) is 11.9. The highest BCUT2D eigenvalue weighted by molar-refractivity contribution is 4.97. The Bertz CT molecular complexity index is 807. The molecule has 0 aliphatic carbocycles. The van der Waals surface area contributed by atoms with E-state index in [-0.39, 0.29) is 0 Å². The third-order valence-corrected chi connectivity index (χ3v) is 8.40. The van der Waals surface area contributed by atoms with Gasteiger partial charge in [0.1, 0.15) is 67.1 Å². The third-order valence-electron chi connectivity index (χ3n) is 8.40. The zero-order valence-corrected chi connectivity index (χ0v) is 26.8. The standard InChI is InChI=1S/C30H56O15/c1-5-8-11-38-23-16(4)41-30(27(40-13-10-7-3)26(23)39-12-9-6-2)45-25-22(36)28(37)42-18(15-32)24(25)44-29-21(35)20(34)19(33)17(14-31)43-29/h16-37H,5-15H2,1-4H3. The maximum atomic E-state index is 11.1. The summed E-state index contributed by atoms with van der Waals surface area (Å²) in [5, 5.41) is 72.5. The van der Waals surface area contributed by atoms with Crippen LogP contribution in [0.2, 0.25) is 0 Å². The average Bonchev–Trinajstić information content (AvgIpc) is 3.03. The Hall–Kier alpha value is -0.600. The van der Waals surface area contributed by atoms with Gasteiger partial charge in [0.25, 0.3) is 0 Å². The molecule has 3 heterocycles. The highest BCUT2D eigenvalue weighted by Gasteiger charge is 2.54. The van der Waals surface area contributed by atoms with Gasteiger partial charge in [0.05, 0.1) is 19.3 Å². The van der Waals surface area contributed by atoms with Crippen molar-refractivity contribution in [1.82, 2.24) is 0 Å². The van der Waals surface area contributed by atoms with E-state index in [1.807, 2.05) is 13.8 Å². The number of hydrogen-bond donors (Lipinski definition) is 7. The van der Waals surface area contributed by atoms with E-state index in [0.29, 0.717) is 19.8 Å². The topological polar surface area (TPSA) is 215 Å². The first kappa shape index (κ1) is 38.8. The van der Waals surface area contributed by atoms with Crippen molar-refractivity contribution in [3.05, 3.63) is 0 Å². The molecule has 0 bridgehead atoms. The van der Waals surface area contributed by atoms with E-state index in [4.69, 9.17) is 37.9 Å². The first-order valence-electron chi connectivity index (χ1n) is 16.4. The van der Waals surface area contributed by atoms with Gasteiger partial charge in [0.15, 0.2) is 18.9 Å². The minimum Gasteiger partial charge on any atom is -0.394 e. The van der Waals surface area contributed by atoms with Crippen LogP contribution in [0.1, 0.15) is 66.2 Å². The number of aliphatic hydroxyl groups is 7. The molecule has 0 radical (unpaired) electrons. The molecule has 15 heteroatoms. The van der Waals surface area contributed by atoms with E-state index in [0.717, 1.165) is 38.5 Å². The molecule has 266 valence electrons. The highest BCUT2D eigenvalue weighted by atomic mass is 16.8. The molecule has 0 aromatic heterocycles. The van der Waals surface area contributed by atoms with Crippen LogP contribution in [0.3, 0.4) is 0 Å². The second kappa shape index (κ2) is 19.4. The van der Waals surface area contributed by atoms with Crippen LogP contribution in [-0.4, -0.2) is 161 Å². The van der Waals surface area contributed by atoms with Crippen molar-refractivity contribution in [2.24, 2.45) is 0 Å². The summed E-state index contributed by atoms with van der Waals surface area (Å²) in [4.78, 5) is 0. The number of aliphatic hydroxyl groups excluding tert-OH is 7. The van der Waals surface area contributed by atoms with Gasteiger partial charge in [-0.3, -0.25) is 0 Å². The van der Waals surface area contributed by atoms with Crippen LogP contribution in [0.5, 0.6) is 0 Å². The van der Waals surface area contributed by atoms with Crippen molar-refractivity contribution in [3.63, 3.8) is 0 Å². The molecule has 15 unspecified atom stereocenters. The van der Waals surface area contributed by atoms with Crippen LogP contribution in [0.4, 0.5) is 0 Å². The van der Waals surface area contributed by atoms with E-state index in [1.165, 1.54) is 0 Å². The lowest BCUT2D eigenvalue weighted by molar-refractivity contribution is -0.386. The van der Waals surface area contributed by atoms with Gasteiger partial charge in [-0.05, 0) is 26.2 Å². The monoisotopic (exact) mass is 656 g/mol. The van der Waals surface area contributed by atoms with Crippen LogP contribution in [0.15, 0.2) is 0 Å². The fraction of sp³-hybridized carbons (Fsp3) is 1.00. The molecule has 3 saturated heterocycles. The number of ether oxygens (including phenoxy) is 8. The summed E-state index contributed by atoms with van der Waals surface area (Å²) in [6, 6.07) is 0. The molecular formula is C30H56O15.